The maximum atomic E-state index is 10.0. The molecule has 0 spiro atoms. The van der Waals surface area contributed by atoms with Gasteiger partial charge in [-0.05, 0) is 45.3 Å². The summed E-state index contributed by atoms with van der Waals surface area (Å²) in [6.45, 7) is 3.76. The molecule has 0 unspecified atom stereocenters. The Labute approximate surface area is 74.9 Å². The summed E-state index contributed by atoms with van der Waals surface area (Å²) >= 11 is 0. The summed E-state index contributed by atoms with van der Waals surface area (Å²) in [5.74, 6) is 0. The highest BCUT2D eigenvalue weighted by molar-refractivity contribution is 5.48. The van der Waals surface area contributed by atoms with E-state index in [1.54, 1.807) is 0 Å². The molecule has 0 aromatic carbocycles. The summed E-state index contributed by atoms with van der Waals surface area (Å²) in [5, 5.41) is 0. The van der Waals surface area contributed by atoms with Crippen LogP contribution >= 0.6 is 0 Å². The predicted molar refractivity (Wildman–Crippen MR) is 50.2 cm³/mol. The topological polar surface area (TPSA) is 20.3 Å². The van der Waals surface area contributed by atoms with E-state index in [0.29, 0.717) is 0 Å². The first-order chi connectivity index (χ1) is 5.93. The summed E-state index contributed by atoms with van der Waals surface area (Å²) in [6, 6.07) is 0. The van der Waals surface area contributed by atoms with Crippen molar-refractivity contribution in [3.05, 3.63) is 0 Å². The van der Waals surface area contributed by atoms with Crippen LogP contribution in [0.3, 0.4) is 0 Å². The van der Waals surface area contributed by atoms with Crippen LogP contribution in [0.2, 0.25) is 0 Å². The Kier molecular flexibility index (Phi) is 5.00. The highest BCUT2D eigenvalue weighted by Crippen LogP contribution is 2.09. The number of nitrogens with zero attached hydrogens (tertiary/aromatic N) is 1. The number of carbonyl (C=O) groups excluding carboxylic acids is 1. The Hall–Kier alpha value is -0.370. The number of hydrogen-bond donors (Lipinski definition) is 0. The van der Waals surface area contributed by atoms with Gasteiger partial charge >= 0.3 is 0 Å². The minimum absolute atomic E-state index is 0.744. The number of unbranched alkanes of at least 4 members (excludes halogenated alkanes) is 2. The first-order valence-corrected chi connectivity index (χ1v) is 5.09. The van der Waals surface area contributed by atoms with Crippen LogP contribution in [0.15, 0.2) is 0 Å². The number of aldehydes is 1. The lowest BCUT2D eigenvalue weighted by atomic mass is 10.1. The fraction of sp³-hybridized carbons (Fsp3) is 0.900. The van der Waals surface area contributed by atoms with Crippen molar-refractivity contribution in [2.75, 3.05) is 19.6 Å². The smallest absolute Gasteiger partial charge is 0.119 e. The Morgan fingerprint density at radius 2 is 1.83 bits per heavy atom. The van der Waals surface area contributed by atoms with Gasteiger partial charge in [0.1, 0.15) is 6.29 Å². The zero-order valence-corrected chi connectivity index (χ0v) is 7.80. The van der Waals surface area contributed by atoms with Crippen molar-refractivity contribution in [1.29, 1.82) is 0 Å². The zero-order valence-electron chi connectivity index (χ0n) is 7.80. The molecule has 0 aromatic rings. The van der Waals surface area contributed by atoms with Crippen molar-refractivity contribution in [3.63, 3.8) is 0 Å². The molecule has 0 saturated carbocycles. The van der Waals surface area contributed by atoms with Crippen molar-refractivity contribution in [3.8, 4) is 0 Å². The minimum atomic E-state index is 0.744. The molecule has 0 aliphatic carbocycles. The lowest BCUT2D eigenvalue weighted by Crippen LogP contribution is -2.30. The van der Waals surface area contributed by atoms with Gasteiger partial charge < -0.3 is 9.69 Å². The number of hydrogen-bond acceptors (Lipinski definition) is 2. The van der Waals surface area contributed by atoms with E-state index in [0.717, 1.165) is 19.1 Å². The first-order valence-electron chi connectivity index (χ1n) is 5.09. The van der Waals surface area contributed by atoms with E-state index in [1.807, 2.05) is 0 Å². The SMILES string of the molecule is O=CCCCCN1CCCCC1. The van der Waals surface area contributed by atoms with Crippen LogP contribution in [0.4, 0.5) is 0 Å². The Bertz CT molecular complexity index is 119. The van der Waals surface area contributed by atoms with Crippen molar-refractivity contribution in [1.82, 2.24) is 4.90 Å². The second kappa shape index (κ2) is 6.18. The van der Waals surface area contributed by atoms with Crippen LogP contribution in [-0.4, -0.2) is 30.8 Å². The third kappa shape index (κ3) is 3.86. The Morgan fingerprint density at radius 1 is 1.08 bits per heavy atom. The van der Waals surface area contributed by atoms with Gasteiger partial charge in [-0.3, -0.25) is 0 Å². The van der Waals surface area contributed by atoms with Gasteiger partial charge in [0.05, 0.1) is 0 Å². The monoisotopic (exact) mass is 169 g/mol. The number of likely N-dealkylation sites (tertiary alicyclic amines) is 1. The highest BCUT2D eigenvalue weighted by Gasteiger charge is 2.08. The summed E-state index contributed by atoms with van der Waals surface area (Å²) in [5.41, 5.74) is 0. The molecule has 0 atom stereocenters. The minimum Gasteiger partial charge on any atom is -0.303 e. The van der Waals surface area contributed by atoms with Crippen LogP contribution in [0.5, 0.6) is 0 Å². The first kappa shape index (κ1) is 9.72. The summed E-state index contributed by atoms with van der Waals surface area (Å²) in [7, 11) is 0. The average Bonchev–Trinajstić information content (AvgIpc) is 2.14. The summed E-state index contributed by atoms with van der Waals surface area (Å²) < 4.78 is 0. The molecule has 1 fully saturated rings. The van der Waals surface area contributed by atoms with Gasteiger partial charge in [0.15, 0.2) is 0 Å². The maximum Gasteiger partial charge on any atom is 0.119 e. The molecule has 12 heavy (non-hydrogen) atoms. The van der Waals surface area contributed by atoms with Gasteiger partial charge in [-0.2, -0.15) is 0 Å². The molecule has 1 rings (SSSR count). The molecule has 70 valence electrons. The third-order valence-corrected chi connectivity index (χ3v) is 2.50. The molecule has 1 aliphatic heterocycles. The van der Waals surface area contributed by atoms with Crippen molar-refractivity contribution < 1.29 is 4.79 Å². The highest BCUT2D eigenvalue weighted by atomic mass is 16.1. The number of piperidine rings is 1. The molecular formula is C10H19NO. The normalized spacial score (nSPS) is 19.3. The van der Waals surface area contributed by atoms with Crippen molar-refractivity contribution in [2.24, 2.45) is 0 Å². The van der Waals surface area contributed by atoms with Gasteiger partial charge in [-0.1, -0.05) is 6.42 Å². The lowest BCUT2D eigenvalue weighted by molar-refractivity contribution is -0.107. The molecule has 0 radical (unpaired) electrons. The molecule has 1 saturated heterocycles. The molecule has 1 aliphatic rings. The van der Waals surface area contributed by atoms with Gasteiger partial charge in [0.2, 0.25) is 0 Å². The standard InChI is InChI=1S/C10H19NO/c12-10-6-2-5-9-11-7-3-1-4-8-11/h10H,1-9H2. The van der Waals surface area contributed by atoms with E-state index in [1.165, 1.54) is 45.3 Å². The molecule has 0 aromatic heterocycles. The summed E-state index contributed by atoms with van der Waals surface area (Å²) in [6.07, 6.45) is 8.18. The van der Waals surface area contributed by atoms with Crippen LogP contribution in [0.25, 0.3) is 0 Å². The fourth-order valence-electron chi connectivity index (χ4n) is 1.75. The molecule has 0 bridgehead atoms. The molecule has 2 nitrogen and oxygen atoms in total. The maximum absolute atomic E-state index is 10.0. The summed E-state index contributed by atoms with van der Waals surface area (Å²) in [4.78, 5) is 12.6. The van der Waals surface area contributed by atoms with Crippen LogP contribution in [0.1, 0.15) is 38.5 Å². The molecule has 0 amide bonds. The van der Waals surface area contributed by atoms with Gasteiger partial charge in [-0.15, -0.1) is 0 Å². The molecular weight excluding hydrogens is 150 g/mol. The van der Waals surface area contributed by atoms with Crippen LogP contribution < -0.4 is 0 Å². The van der Waals surface area contributed by atoms with Gasteiger partial charge in [0, 0.05) is 6.42 Å². The van der Waals surface area contributed by atoms with Crippen molar-refractivity contribution >= 4 is 6.29 Å². The molecule has 0 N–H and O–H groups in total. The van der Waals surface area contributed by atoms with E-state index in [9.17, 15) is 4.79 Å². The van der Waals surface area contributed by atoms with Gasteiger partial charge in [0.25, 0.3) is 0 Å². The Morgan fingerprint density at radius 3 is 2.50 bits per heavy atom. The second-order valence-electron chi connectivity index (χ2n) is 3.56. The fourth-order valence-corrected chi connectivity index (χ4v) is 1.75. The van der Waals surface area contributed by atoms with Gasteiger partial charge in [-0.25, -0.2) is 0 Å². The van der Waals surface area contributed by atoms with E-state index in [-0.39, 0.29) is 0 Å². The van der Waals surface area contributed by atoms with E-state index in [2.05, 4.69) is 4.90 Å². The zero-order chi connectivity index (χ0) is 8.65. The average molecular weight is 169 g/mol. The second-order valence-corrected chi connectivity index (χ2v) is 3.56. The van der Waals surface area contributed by atoms with E-state index < -0.39 is 0 Å². The van der Waals surface area contributed by atoms with E-state index >= 15 is 0 Å². The van der Waals surface area contributed by atoms with Crippen molar-refractivity contribution in [2.45, 2.75) is 38.5 Å². The van der Waals surface area contributed by atoms with E-state index in [4.69, 9.17) is 0 Å². The number of rotatable bonds is 5. The lowest BCUT2D eigenvalue weighted by Gasteiger charge is -2.26. The quantitative estimate of drug-likeness (QED) is 0.462. The molecule has 1 heterocycles. The van der Waals surface area contributed by atoms with Crippen LogP contribution in [0, 0.1) is 0 Å². The number of carbonyl (C=O) groups is 1. The Balaban J connectivity index is 1.94. The van der Waals surface area contributed by atoms with Crippen LogP contribution in [-0.2, 0) is 4.79 Å². The predicted octanol–water partition coefficient (Wildman–Crippen LogP) is 1.84. The molecule has 2 heteroatoms. The third-order valence-electron chi connectivity index (χ3n) is 2.50. The largest absolute Gasteiger partial charge is 0.303 e.